The molecule has 110 valence electrons. The van der Waals surface area contributed by atoms with E-state index in [4.69, 9.17) is 5.73 Å². The smallest absolute Gasteiger partial charge is 0.396 e. The van der Waals surface area contributed by atoms with Gasteiger partial charge in [0, 0.05) is 16.2 Å². The number of rotatable bonds is 2. The van der Waals surface area contributed by atoms with E-state index in [2.05, 4.69) is 26.2 Å². The molecule has 1 aromatic heterocycles. The van der Waals surface area contributed by atoms with Crippen LogP contribution in [0.15, 0.2) is 41.1 Å². The van der Waals surface area contributed by atoms with E-state index >= 15 is 0 Å². The van der Waals surface area contributed by atoms with Crippen molar-refractivity contribution in [2.24, 2.45) is 0 Å². The second-order valence-electron chi connectivity index (χ2n) is 4.11. The summed E-state index contributed by atoms with van der Waals surface area (Å²) in [5.74, 6) is -0.689. The Morgan fingerprint density at radius 1 is 1.29 bits per heavy atom. The molecular formula is C13H9BrF3N3O. The van der Waals surface area contributed by atoms with Gasteiger partial charge in [-0.1, -0.05) is 15.9 Å². The van der Waals surface area contributed by atoms with Crippen LogP contribution in [0.3, 0.4) is 0 Å². The van der Waals surface area contributed by atoms with Gasteiger partial charge in [-0.2, -0.15) is 13.2 Å². The van der Waals surface area contributed by atoms with Gasteiger partial charge in [0.2, 0.25) is 0 Å². The first-order chi connectivity index (χ1) is 9.79. The van der Waals surface area contributed by atoms with Crippen molar-refractivity contribution in [3.8, 4) is 0 Å². The third kappa shape index (κ3) is 3.52. The molecule has 4 nitrogen and oxygen atoms in total. The topological polar surface area (TPSA) is 68.0 Å². The van der Waals surface area contributed by atoms with Gasteiger partial charge in [-0.25, -0.2) is 0 Å². The number of carbonyl (C=O) groups is 1. The Balaban J connectivity index is 2.31. The molecule has 1 amide bonds. The molecule has 1 heterocycles. The van der Waals surface area contributed by atoms with Crippen LogP contribution in [0.5, 0.6) is 0 Å². The third-order valence-electron chi connectivity index (χ3n) is 2.63. The van der Waals surface area contributed by atoms with Crippen LogP contribution in [-0.2, 0) is 6.18 Å². The number of nitrogens with two attached hydrogens (primary N) is 1. The van der Waals surface area contributed by atoms with Gasteiger partial charge in [0.25, 0.3) is 5.91 Å². The Kier molecular flexibility index (Phi) is 4.17. The number of nitrogens with zero attached hydrogens (tertiary/aromatic N) is 1. The van der Waals surface area contributed by atoms with E-state index in [-0.39, 0.29) is 21.4 Å². The molecular weight excluding hydrogens is 351 g/mol. The molecule has 0 aliphatic heterocycles. The highest BCUT2D eigenvalue weighted by molar-refractivity contribution is 9.10. The van der Waals surface area contributed by atoms with Crippen LogP contribution in [0.25, 0.3) is 0 Å². The zero-order chi connectivity index (χ0) is 15.6. The third-order valence-corrected chi connectivity index (χ3v) is 3.33. The van der Waals surface area contributed by atoms with E-state index in [1.165, 1.54) is 30.6 Å². The molecule has 0 radical (unpaired) electrons. The van der Waals surface area contributed by atoms with Crippen LogP contribution in [0.4, 0.5) is 24.5 Å². The second-order valence-corrected chi connectivity index (χ2v) is 4.96. The lowest BCUT2D eigenvalue weighted by atomic mass is 10.1. The first-order valence-corrected chi connectivity index (χ1v) is 6.46. The van der Waals surface area contributed by atoms with Crippen molar-refractivity contribution in [2.75, 3.05) is 11.1 Å². The summed E-state index contributed by atoms with van der Waals surface area (Å²) >= 11 is 2.81. The Morgan fingerprint density at radius 3 is 2.62 bits per heavy atom. The maximum absolute atomic E-state index is 12.8. The molecule has 0 aliphatic carbocycles. The standard InChI is InChI=1S/C13H9BrF3N3O/c14-9-2-1-7(5-8(9)13(15,16)17)12(21)20-11-3-4-19-6-10(11)18/h1-6H,18H2,(H,19,20,21). The zero-order valence-corrected chi connectivity index (χ0v) is 12.0. The molecule has 0 spiro atoms. The summed E-state index contributed by atoms with van der Waals surface area (Å²) < 4.78 is 38.2. The molecule has 0 saturated heterocycles. The highest BCUT2D eigenvalue weighted by atomic mass is 79.9. The number of aromatic nitrogens is 1. The summed E-state index contributed by atoms with van der Waals surface area (Å²) in [5.41, 5.74) is 5.07. The number of pyridine rings is 1. The Hall–Kier alpha value is -2.09. The molecule has 0 saturated carbocycles. The van der Waals surface area contributed by atoms with Crippen LogP contribution in [0.2, 0.25) is 0 Å². The summed E-state index contributed by atoms with van der Waals surface area (Å²) in [6.07, 6.45) is -1.81. The van der Waals surface area contributed by atoms with Crippen molar-refractivity contribution in [2.45, 2.75) is 6.18 Å². The van der Waals surface area contributed by atoms with Crippen molar-refractivity contribution < 1.29 is 18.0 Å². The minimum absolute atomic E-state index is 0.123. The van der Waals surface area contributed by atoms with Gasteiger partial charge in [0.1, 0.15) is 0 Å². The predicted molar refractivity (Wildman–Crippen MR) is 75.7 cm³/mol. The molecule has 0 fully saturated rings. The first kappa shape index (κ1) is 15.3. The summed E-state index contributed by atoms with van der Waals surface area (Å²) in [6, 6.07) is 4.69. The van der Waals surface area contributed by atoms with E-state index in [0.717, 1.165) is 6.07 Å². The molecule has 2 aromatic rings. The number of benzene rings is 1. The van der Waals surface area contributed by atoms with E-state index < -0.39 is 17.6 Å². The van der Waals surface area contributed by atoms with Crippen molar-refractivity contribution in [1.29, 1.82) is 0 Å². The number of hydrogen-bond donors (Lipinski definition) is 2. The molecule has 21 heavy (non-hydrogen) atoms. The average Bonchev–Trinajstić information content (AvgIpc) is 2.40. The van der Waals surface area contributed by atoms with E-state index in [0.29, 0.717) is 0 Å². The van der Waals surface area contributed by atoms with Gasteiger partial charge in [0.15, 0.2) is 0 Å². The SMILES string of the molecule is Nc1cnccc1NC(=O)c1ccc(Br)c(C(F)(F)F)c1. The minimum atomic E-state index is -4.55. The molecule has 2 rings (SSSR count). The zero-order valence-electron chi connectivity index (χ0n) is 10.4. The predicted octanol–water partition coefficient (Wildman–Crippen LogP) is 3.70. The quantitative estimate of drug-likeness (QED) is 0.858. The number of hydrogen-bond acceptors (Lipinski definition) is 3. The van der Waals surface area contributed by atoms with E-state index in [1.807, 2.05) is 0 Å². The van der Waals surface area contributed by atoms with Crippen molar-refractivity contribution in [3.05, 3.63) is 52.3 Å². The van der Waals surface area contributed by atoms with Crippen LogP contribution in [0.1, 0.15) is 15.9 Å². The molecule has 8 heteroatoms. The summed E-state index contributed by atoms with van der Waals surface area (Å²) in [4.78, 5) is 15.7. The number of carbonyl (C=O) groups excluding carboxylic acids is 1. The number of halogens is 4. The van der Waals surface area contributed by atoms with Crippen LogP contribution in [-0.4, -0.2) is 10.9 Å². The number of nitrogens with one attached hydrogen (secondary N) is 1. The van der Waals surface area contributed by atoms with Crippen molar-refractivity contribution in [1.82, 2.24) is 4.98 Å². The number of amides is 1. The van der Waals surface area contributed by atoms with E-state index in [9.17, 15) is 18.0 Å². The van der Waals surface area contributed by atoms with Crippen LogP contribution >= 0.6 is 15.9 Å². The maximum Gasteiger partial charge on any atom is 0.417 e. The van der Waals surface area contributed by atoms with Crippen LogP contribution in [0, 0.1) is 0 Å². The highest BCUT2D eigenvalue weighted by Gasteiger charge is 2.33. The minimum Gasteiger partial charge on any atom is -0.396 e. The number of anilines is 2. The molecule has 0 bridgehead atoms. The van der Waals surface area contributed by atoms with Crippen molar-refractivity contribution in [3.63, 3.8) is 0 Å². The number of alkyl halides is 3. The van der Waals surface area contributed by atoms with Gasteiger partial charge >= 0.3 is 6.18 Å². The monoisotopic (exact) mass is 359 g/mol. The summed E-state index contributed by atoms with van der Waals surface area (Å²) in [5, 5.41) is 2.44. The Labute approximate surface area is 126 Å². The lowest BCUT2D eigenvalue weighted by molar-refractivity contribution is -0.138. The molecule has 0 atom stereocenters. The largest absolute Gasteiger partial charge is 0.417 e. The fourth-order valence-corrected chi connectivity index (χ4v) is 2.07. The van der Waals surface area contributed by atoms with Gasteiger partial charge in [-0.05, 0) is 24.3 Å². The lowest BCUT2D eigenvalue weighted by Crippen LogP contribution is -2.15. The van der Waals surface area contributed by atoms with Gasteiger partial charge in [-0.3, -0.25) is 9.78 Å². The molecule has 1 aromatic carbocycles. The first-order valence-electron chi connectivity index (χ1n) is 5.66. The molecule has 0 unspecified atom stereocenters. The second kappa shape index (κ2) is 5.72. The van der Waals surface area contributed by atoms with Gasteiger partial charge in [0.05, 0.1) is 23.1 Å². The molecule has 0 aliphatic rings. The molecule has 3 N–H and O–H groups in total. The fourth-order valence-electron chi connectivity index (χ4n) is 1.60. The lowest BCUT2D eigenvalue weighted by Gasteiger charge is -2.12. The average molecular weight is 360 g/mol. The van der Waals surface area contributed by atoms with Gasteiger partial charge < -0.3 is 11.1 Å². The van der Waals surface area contributed by atoms with Crippen LogP contribution < -0.4 is 11.1 Å². The van der Waals surface area contributed by atoms with Gasteiger partial charge in [-0.15, -0.1) is 0 Å². The highest BCUT2D eigenvalue weighted by Crippen LogP contribution is 2.35. The Bertz CT molecular complexity index is 689. The Morgan fingerprint density at radius 2 is 2.00 bits per heavy atom. The summed E-state index contributed by atoms with van der Waals surface area (Å²) in [7, 11) is 0. The normalized spacial score (nSPS) is 11.2. The van der Waals surface area contributed by atoms with Crippen molar-refractivity contribution >= 4 is 33.2 Å². The van der Waals surface area contributed by atoms with E-state index in [1.54, 1.807) is 0 Å². The fraction of sp³-hybridized carbons (Fsp3) is 0.0769. The summed E-state index contributed by atoms with van der Waals surface area (Å²) in [6.45, 7) is 0. The maximum atomic E-state index is 12.8. The number of nitrogen functional groups attached to an aromatic ring is 1.